The molecule has 0 spiro atoms. The van der Waals surface area contributed by atoms with Crippen molar-refractivity contribution < 1.29 is 14.3 Å². The highest BCUT2D eigenvalue weighted by molar-refractivity contribution is 6.04. The standard InChI is InChI=1S/C31H34N6O3/c1-31(2)27-25(19-37(31)30(39)32-26(20-36(3)4)21-12-7-5-8-13-21)28(35-34-27)33-29(38)22-14-11-17-24(18-22)40-23-15-9-6-10-16-23/h5-18,26H,19-20H2,1-4H3,(H,32,39)(H2,33,34,35,38)/t26-/m1/s1. The second-order valence-electron chi connectivity index (χ2n) is 10.6. The highest BCUT2D eigenvalue weighted by Crippen LogP contribution is 2.40. The Morgan fingerprint density at radius 1 is 1.00 bits per heavy atom. The summed E-state index contributed by atoms with van der Waals surface area (Å²) in [4.78, 5) is 30.6. The number of para-hydroxylation sites is 1. The Kier molecular flexibility index (Phi) is 7.57. The van der Waals surface area contributed by atoms with Crippen molar-refractivity contribution in [2.45, 2.75) is 32.0 Å². The van der Waals surface area contributed by atoms with Crippen molar-refractivity contribution in [3.05, 3.63) is 107 Å². The van der Waals surface area contributed by atoms with Crippen LogP contribution in [0.4, 0.5) is 10.6 Å². The monoisotopic (exact) mass is 538 g/mol. The van der Waals surface area contributed by atoms with Gasteiger partial charge in [-0.2, -0.15) is 5.10 Å². The summed E-state index contributed by atoms with van der Waals surface area (Å²) in [6.07, 6.45) is 0. The maximum Gasteiger partial charge on any atom is 0.319 e. The Labute approximate surface area is 234 Å². The fourth-order valence-corrected chi connectivity index (χ4v) is 4.96. The van der Waals surface area contributed by atoms with Crippen LogP contribution in [0.3, 0.4) is 0 Å². The molecule has 0 saturated heterocycles. The minimum atomic E-state index is -0.655. The lowest BCUT2D eigenvalue weighted by atomic mass is 10.0. The lowest BCUT2D eigenvalue weighted by Gasteiger charge is -2.34. The first-order chi connectivity index (χ1) is 19.2. The van der Waals surface area contributed by atoms with Gasteiger partial charge in [-0.3, -0.25) is 9.89 Å². The van der Waals surface area contributed by atoms with E-state index in [0.29, 0.717) is 36.0 Å². The van der Waals surface area contributed by atoms with Crippen LogP contribution in [0.15, 0.2) is 84.9 Å². The molecule has 1 atom stereocenters. The number of fused-ring (bicyclic) bond motifs is 1. The molecule has 2 heterocycles. The number of carbonyl (C=O) groups is 2. The summed E-state index contributed by atoms with van der Waals surface area (Å²) < 4.78 is 5.88. The Morgan fingerprint density at radius 3 is 2.38 bits per heavy atom. The van der Waals surface area contributed by atoms with Crippen molar-refractivity contribution in [2.75, 3.05) is 26.0 Å². The first kappa shape index (κ1) is 27.0. The van der Waals surface area contributed by atoms with Crippen LogP contribution in [0.2, 0.25) is 0 Å². The van der Waals surface area contributed by atoms with Crippen molar-refractivity contribution in [3.63, 3.8) is 0 Å². The van der Waals surface area contributed by atoms with Gasteiger partial charge in [0, 0.05) is 17.7 Å². The maximum atomic E-state index is 13.6. The van der Waals surface area contributed by atoms with E-state index >= 15 is 0 Å². The fraction of sp³-hybridized carbons (Fsp3) is 0.258. The van der Waals surface area contributed by atoms with Crippen LogP contribution in [-0.2, 0) is 12.1 Å². The van der Waals surface area contributed by atoms with Gasteiger partial charge in [0.05, 0.1) is 23.8 Å². The van der Waals surface area contributed by atoms with Crippen LogP contribution in [-0.4, -0.2) is 52.6 Å². The number of hydrogen-bond donors (Lipinski definition) is 3. The SMILES string of the molecule is CN(C)C[C@@H](NC(=O)N1Cc2c(NC(=O)c3cccc(Oc4ccccc4)c3)n[nH]c2C1(C)C)c1ccccc1. The third-order valence-electron chi connectivity index (χ3n) is 7.07. The largest absolute Gasteiger partial charge is 0.457 e. The number of amides is 3. The first-order valence-corrected chi connectivity index (χ1v) is 13.2. The van der Waals surface area contributed by atoms with Gasteiger partial charge in [0.2, 0.25) is 0 Å². The Bertz CT molecular complexity index is 1480. The number of nitrogens with one attached hydrogen (secondary N) is 3. The molecule has 1 aliphatic heterocycles. The summed E-state index contributed by atoms with van der Waals surface area (Å²) in [6, 6.07) is 25.9. The third-order valence-corrected chi connectivity index (χ3v) is 7.07. The molecule has 1 aliphatic rings. The minimum absolute atomic E-state index is 0.180. The molecule has 0 bridgehead atoms. The van der Waals surface area contributed by atoms with Crippen molar-refractivity contribution >= 4 is 17.8 Å². The molecule has 9 heteroatoms. The van der Waals surface area contributed by atoms with E-state index in [0.717, 1.165) is 16.8 Å². The normalized spacial score (nSPS) is 14.5. The molecule has 9 nitrogen and oxygen atoms in total. The number of aromatic nitrogens is 2. The molecule has 0 saturated carbocycles. The summed E-state index contributed by atoms with van der Waals surface area (Å²) in [6.45, 7) is 4.90. The topological polar surface area (TPSA) is 103 Å². The molecule has 1 aromatic heterocycles. The summed E-state index contributed by atoms with van der Waals surface area (Å²) >= 11 is 0. The van der Waals surface area contributed by atoms with Crippen LogP contribution >= 0.6 is 0 Å². The Morgan fingerprint density at radius 2 is 1.68 bits per heavy atom. The smallest absolute Gasteiger partial charge is 0.319 e. The molecule has 0 aliphatic carbocycles. The molecule has 0 unspecified atom stereocenters. The molecular formula is C31H34N6O3. The average molecular weight is 539 g/mol. The van der Waals surface area contributed by atoms with Gasteiger partial charge in [-0.05, 0) is 63.8 Å². The summed E-state index contributed by atoms with van der Waals surface area (Å²) in [5.74, 6) is 1.33. The molecule has 3 amide bonds. The zero-order valence-corrected chi connectivity index (χ0v) is 23.1. The second-order valence-corrected chi connectivity index (χ2v) is 10.6. The molecule has 4 aromatic rings. The lowest BCUT2D eigenvalue weighted by molar-refractivity contribution is 0.102. The lowest BCUT2D eigenvalue weighted by Crippen LogP contribution is -2.48. The number of likely N-dealkylation sites (N-methyl/N-ethyl adjacent to an activating group) is 1. The summed E-state index contributed by atoms with van der Waals surface area (Å²) in [7, 11) is 3.97. The number of ether oxygens (including phenoxy) is 1. The molecule has 40 heavy (non-hydrogen) atoms. The molecule has 3 aromatic carbocycles. The fourth-order valence-electron chi connectivity index (χ4n) is 4.96. The number of hydrogen-bond acceptors (Lipinski definition) is 5. The first-order valence-electron chi connectivity index (χ1n) is 13.2. The van der Waals surface area contributed by atoms with Gasteiger partial charge in [-0.15, -0.1) is 0 Å². The third kappa shape index (κ3) is 5.69. The van der Waals surface area contributed by atoms with Crippen molar-refractivity contribution in [2.24, 2.45) is 0 Å². The zero-order valence-electron chi connectivity index (χ0n) is 23.1. The van der Waals surface area contributed by atoms with Gasteiger partial charge in [-0.25, -0.2) is 4.79 Å². The van der Waals surface area contributed by atoms with E-state index in [9.17, 15) is 9.59 Å². The highest BCUT2D eigenvalue weighted by Gasteiger charge is 2.44. The summed E-state index contributed by atoms with van der Waals surface area (Å²) in [5.41, 5.74) is 2.40. The van der Waals surface area contributed by atoms with Gasteiger partial charge >= 0.3 is 6.03 Å². The molecule has 0 fully saturated rings. The Balaban J connectivity index is 1.30. The predicted octanol–water partition coefficient (Wildman–Crippen LogP) is 5.52. The van der Waals surface area contributed by atoms with E-state index in [4.69, 9.17) is 4.74 Å². The number of benzene rings is 3. The number of urea groups is 1. The number of carbonyl (C=O) groups excluding carboxylic acids is 2. The molecule has 5 rings (SSSR count). The average Bonchev–Trinajstić information content (AvgIpc) is 3.46. The van der Waals surface area contributed by atoms with Crippen LogP contribution in [0.5, 0.6) is 11.5 Å². The molecule has 3 N–H and O–H groups in total. The number of H-pyrrole nitrogens is 1. The van der Waals surface area contributed by atoms with Crippen LogP contribution in [0.1, 0.15) is 47.1 Å². The van der Waals surface area contributed by atoms with Crippen molar-refractivity contribution in [3.8, 4) is 11.5 Å². The second kappa shape index (κ2) is 11.2. The zero-order chi connectivity index (χ0) is 28.3. The number of anilines is 1. The van der Waals surface area contributed by atoms with Gasteiger partial charge < -0.3 is 25.2 Å². The van der Waals surface area contributed by atoms with Crippen LogP contribution in [0.25, 0.3) is 0 Å². The van der Waals surface area contributed by atoms with Gasteiger partial charge in [-0.1, -0.05) is 54.6 Å². The van der Waals surface area contributed by atoms with Gasteiger partial charge in [0.25, 0.3) is 5.91 Å². The van der Waals surface area contributed by atoms with E-state index < -0.39 is 5.54 Å². The number of rotatable bonds is 8. The van der Waals surface area contributed by atoms with E-state index in [1.807, 2.05) is 93.5 Å². The van der Waals surface area contributed by atoms with Gasteiger partial charge in [0.15, 0.2) is 5.82 Å². The quantitative estimate of drug-likeness (QED) is 0.274. The number of nitrogens with zero attached hydrogens (tertiary/aromatic N) is 3. The van der Waals surface area contributed by atoms with E-state index in [1.54, 1.807) is 29.2 Å². The van der Waals surface area contributed by atoms with Crippen molar-refractivity contribution in [1.29, 1.82) is 0 Å². The van der Waals surface area contributed by atoms with E-state index in [-0.39, 0.29) is 18.0 Å². The van der Waals surface area contributed by atoms with Crippen molar-refractivity contribution in [1.82, 2.24) is 25.3 Å². The molecular weight excluding hydrogens is 504 g/mol. The molecule has 206 valence electrons. The Hall–Kier alpha value is -4.63. The van der Waals surface area contributed by atoms with E-state index in [2.05, 4.69) is 20.8 Å². The van der Waals surface area contributed by atoms with Crippen LogP contribution in [0, 0.1) is 0 Å². The van der Waals surface area contributed by atoms with Crippen LogP contribution < -0.4 is 15.4 Å². The van der Waals surface area contributed by atoms with Gasteiger partial charge in [0.1, 0.15) is 11.5 Å². The summed E-state index contributed by atoms with van der Waals surface area (Å²) in [5, 5.41) is 13.6. The minimum Gasteiger partial charge on any atom is -0.457 e. The molecule has 0 radical (unpaired) electrons. The maximum absolute atomic E-state index is 13.6. The van der Waals surface area contributed by atoms with E-state index in [1.165, 1.54) is 0 Å². The number of aromatic amines is 1. The predicted molar refractivity (Wildman–Crippen MR) is 154 cm³/mol. The highest BCUT2D eigenvalue weighted by atomic mass is 16.5.